The van der Waals surface area contributed by atoms with E-state index in [0.717, 1.165) is 4.34 Å². The maximum Gasteiger partial charge on any atom is 0.214 e. The largest absolute Gasteiger partial charge is 0.481 e. The summed E-state index contributed by atoms with van der Waals surface area (Å²) in [6.07, 6.45) is 1.50. The van der Waals surface area contributed by atoms with E-state index in [2.05, 4.69) is 14.3 Å². The van der Waals surface area contributed by atoms with Crippen molar-refractivity contribution in [1.29, 1.82) is 0 Å². The Morgan fingerprint density at radius 2 is 2.33 bits per heavy atom. The monoisotopic (exact) mass is 240 g/mol. The molecule has 0 spiro atoms. The van der Waals surface area contributed by atoms with Crippen LogP contribution in [0.3, 0.4) is 0 Å². The van der Waals surface area contributed by atoms with Crippen molar-refractivity contribution < 1.29 is 4.74 Å². The lowest BCUT2D eigenvalue weighted by atomic mass is 10.4. The van der Waals surface area contributed by atoms with Gasteiger partial charge in [0.25, 0.3) is 0 Å². The quantitative estimate of drug-likeness (QED) is 0.879. The van der Waals surface area contributed by atoms with E-state index in [-0.39, 0.29) is 0 Å². The van der Waals surface area contributed by atoms with Crippen molar-refractivity contribution >= 4 is 29.0 Å². The Morgan fingerprint density at radius 3 is 3.00 bits per heavy atom. The van der Waals surface area contributed by atoms with E-state index >= 15 is 0 Å². The number of ether oxygens (including phenoxy) is 1. The average molecular weight is 240 g/mol. The lowest BCUT2D eigenvalue weighted by Crippen LogP contribution is -1.94. The summed E-state index contributed by atoms with van der Waals surface area (Å²) < 4.78 is 9.72. The van der Waals surface area contributed by atoms with Crippen LogP contribution in [0.2, 0.25) is 0 Å². The minimum absolute atomic E-state index is 0.538. The molecule has 0 aliphatic rings. The molecular formula is C8H8N4OS2. The molecule has 2 N–H and O–H groups in total. The summed E-state index contributed by atoms with van der Waals surface area (Å²) in [5.74, 6) is 0.538. The topological polar surface area (TPSA) is 73.9 Å². The smallest absolute Gasteiger partial charge is 0.214 e. The molecule has 0 radical (unpaired) electrons. The molecule has 0 aliphatic heterocycles. The minimum Gasteiger partial charge on any atom is -0.481 e. The van der Waals surface area contributed by atoms with Gasteiger partial charge in [0, 0.05) is 6.07 Å². The van der Waals surface area contributed by atoms with E-state index in [1.54, 1.807) is 19.2 Å². The zero-order valence-electron chi connectivity index (χ0n) is 7.88. The van der Waals surface area contributed by atoms with Gasteiger partial charge in [-0.2, -0.15) is 4.37 Å². The van der Waals surface area contributed by atoms with E-state index in [0.29, 0.717) is 16.6 Å². The zero-order valence-corrected chi connectivity index (χ0v) is 9.51. The highest BCUT2D eigenvalue weighted by atomic mass is 32.2. The fraction of sp³-hybridized carbons (Fsp3) is 0.125. The molecule has 78 valence electrons. The molecule has 2 rings (SSSR count). The molecule has 0 saturated heterocycles. The summed E-state index contributed by atoms with van der Waals surface area (Å²) in [7, 11) is 1.57. The molecule has 0 amide bonds. The third kappa shape index (κ3) is 2.37. The second-order valence-electron chi connectivity index (χ2n) is 2.56. The molecule has 0 bridgehead atoms. The Kier molecular flexibility index (Phi) is 3.02. The van der Waals surface area contributed by atoms with E-state index < -0.39 is 0 Å². The van der Waals surface area contributed by atoms with Crippen LogP contribution >= 0.6 is 23.3 Å². The Labute approximate surface area is 94.9 Å². The van der Waals surface area contributed by atoms with Crippen LogP contribution in [0.5, 0.6) is 5.88 Å². The predicted molar refractivity (Wildman–Crippen MR) is 59.2 cm³/mol. The summed E-state index contributed by atoms with van der Waals surface area (Å²) in [6.45, 7) is 0. The second kappa shape index (κ2) is 4.45. The van der Waals surface area contributed by atoms with Gasteiger partial charge >= 0.3 is 0 Å². The second-order valence-corrected chi connectivity index (χ2v) is 4.57. The number of hydrogen-bond donors (Lipinski definition) is 1. The van der Waals surface area contributed by atoms with Gasteiger partial charge in [0.05, 0.1) is 12.8 Å². The maximum atomic E-state index is 5.78. The van der Waals surface area contributed by atoms with Crippen LogP contribution in [0, 0.1) is 0 Å². The number of aromatic nitrogens is 3. The van der Waals surface area contributed by atoms with Gasteiger partial charge in [0.2, 0.25) is 5.88 Å². The third-order valence-corrected chi connectivity index (χ3v) is 3.33. The molecule has 0 unspecified atom stereocenters. The molecule has 0 atom stereocenters. The predicted octanol–water partition coefficient (Wildman–Crippen LogP) is 1.68. The first-order valence-corrected chi connectivity index (χ1v) is 5.63. The number of rotatable bonds is 3. The highest BCUT2D eigenvalue weighted by molar-refractivity contribution is 8.01. The summed E-state index contributed by atoms with van der Waals surface area (Å²) in [5.41, 5.74) is 6.39. The Balaban J connectivity index is 2.27. The molecule has 2 aromatic rings. The number of methoxy groups -OCH3 is 1. The highest BCUT2D eigenvalue weighted by Crippen LogP contribution is 2.31. The van der Waals surface area contributed by atoms with Crippen molar-refractivity contribution in [3.8, 4) is 5.88 Å². The molecule has 0 aromatic carbocycles. The van der Waals surface area contributed by atoms with Gasteiger partial charge in [-0.05, 0) is 29.4 Å². The number of pyridine rings is 1. The number of nitrogen functional groups attached to an aromatic ring is 1. The molecule has 0 saturated carbocycles. The fourth-order valence-electron chi connectivity index (χ4n) is 0.920. The summed E-state index contributed by atoms with van der Waals surface area (Å²) in [6, 6.07) is 3.48. The molecule has 2 aromatic heterocycles. The zero-order chi connectivity index (χ0) is 10.7. The van der Waals surface area contributed by atoms with Gasteiger partial charge in [-0.1, -0.05) is 0 Å². The van der Waals surface area contributed by atoms with Gasteiger partial charge in [0.1, 0.15) is 11.4 Å². The van der Waals surface area contributed by atoms with Crippen LogP contribution in [0.25, 0.3) is 0 Å². The fourth-order valence-corrected chi connectivity index (χ4v) is 2.30. The standard InChI is InChI=1S/C8H8N4OS2/c1-13-6-3-2-5(9)7(12-6)14-8-10-4-11-15-8/h2-4H,9H2,1H3. The van der Waals surface area contributed by atoms with Gasteiger partial charge in [-0.3, -0.25) is 0 Å². The van der Waals surface area contributed by atoms with Crippen molar-refractivity contribution in [2.24, 2.45) is 0 Å². The van der Waals surface area contributed by atoms with Gasteiger partial charge in [0.15, 0.2) is 4.34 Å². The molecule has 15 heavy (non-hydrogen) atoms. The lowest BCUT2D eigenvalue weighted by molar-refractivity contribution is 0.395. The maximum absolute atomic E-state index is 5.78. The van der Waals surface area contributed by atoms with Crippen molar-refractivity contribution in [3.05, 3.63) is 18.5 Å². The lowest BCUT2D eigenvalue weighted by Gasteiger charge is -2.04. The van der Waals surface area contributed by atoms with Crippen molar-refractivity contribution in [3.63, 3.8) is 0 Å². The molecule has 7 heteroatoms. The number of nitrogens with zero attached hydrogens (tertiary/aromatic N) is 3. The minimum atomic E-state index is 0.538. The normalized spacial score (nSPS) is 10.2. The Morgan fingerprint density at radius 1 is 1.47 bits per heavy atom. The number of nitrogens with two attached hydrogens (primary N) is 1. The number of anilines is 1. The molecule has 2 heterocycles. The van der Waals surface area contributed by atoms with Crippen molar-refractivity contribution in [1.82, 2.24) is 14.3 Å². The van der Waals surface area contributed by atoms with Crippen LogP contribution in [0.15, 0.2) is 27.8 Å². The van der Waals surface area contributed by atoms with Crippen LogP contribution < -0.4 is 10.5 Å². The molecule has 0 aliphatic carbocycles. The third-order valence-electron chi connectivity index (χ3n) is 1.60. The Hall–Kier alpha value is -1.34. The SMILES string of the molecule is COc1ccc(N)c(Sc2ncns2)n1. The van der Waals surface area contributed by atoms with Crippen LogP contribution in [0.1, 0.15) is 0 Å². The summed E-state index contributed by atoms with van der Waals surface area (Å²) >= 11 is 2.68. The van der Waals surface area contributed by atoms with Gasteiger partial charge in [-0.25, -0.2) is 9.97 Å². The van der Waals surface area contributed by atoms with Crippen LogP contribution in [-0.2, 0) is 0 Å². The first kappa shape index (κ1) is 10.2. The van der Waals surface area contributed by atoms with Crippen LogP contribution in [0.4, 0.5) is 5.69 Å². The van der Waals surface area contributed by atoms with E-state index in [9.17, 15) is 0 Å². The van der Waals surface area contributed by atoms with Crippen LogP contribution in [-0.4, -0.2) is 21.5 Å². The van der Waals surface area contributed by atoms with E-state index in [1.807, 2.05) is 0 Å². The summed E-state index contributed by atoms with van der Waals surface area (Å²) in [4.78, 5) is 8.26. The van der Waals surface area contributed by atoms with Gasteiger partial charge in [-0.15, -0.1) is 0 Å². The highest BCUT2D eigenvalue weighted by Gasteiger charge is 2.07. The molecule has 5 nitrogen and oxygen atoms in total. The average Bonchev–Trinajstić information content (AvgIpc) is 2.74. The van der Waals surface area contributed by atoms with E-state index in [1.165, 1.54) is 29.6 Å². The Bertz CT molecular complexity index is 446. The molecule has 0 fully saturated rings. The van der Waals surface area contributed by atoms with Gasteiger partial charge < -0.3 is 10.5 Å². The first-order chi connectivity index (χ1) is 7.29. The van der Waals surface area contributed by atoms with Crippen molar-refractivity contribution in [2.45, 2.75) is 9.37 Å². The number of hydrogen-bond acceptors (Lipinski definition) is 7. The van der Waals surface area contributed by atoms with Crippen molar-refractivity contribution in [2.75, 3.05) is 12.8 Å². The van der Waals surface area contributed by atoms with E-state index in [4.69, 9.17) is 10.5 Å². The first-order valence-electron chi connectivity index (χ1n) is 4.04. The summed E-state index contributed by atoms with van der Waals surface area (Å²) in [5, 5.41) is 0.686. The molecular weight excluding hydrogens is 232 g/mol.